The second-order valence-corrected chi connectivity index (χ2v) is 6.90. The van der Waals surface area contributed by atoms with Gasteiger partial charge in [0.15, 0.2) is 0 Å². The SMILES string of the molecule is CS.NCc1ccc2c(-c3cccc(C(N)=S)c3)cn(CCCC(F)(F)F)c2c1. The van der Waals surface area contributed by atoms with E-state index >= 15 is 0 Å². The summed E-state index contributed by atoms with van der Waals surface area (Å²) in [7, 11) is 0. The van der Waals surface area contributed by atoms with Crippen LogP contribution in [0.4, 0.5) is 13.2 Å². The van der Waals surface area contributed by atoms with Gasteiger partial charge in [0.2, 0.25) is 0 Å². The molecule has 2 aromatic carbocycles. The highest BCUT2D eigenvalue weighted by atomic mass is 32.1. The summed E-state index contributed by atoms with van der Waals surface area (Å²) in [4.78, 5) is 0.302. The number of fused-ring (bicyclic) bond motifs is 1. The van der Waals surface area contributed by atoms with Gasteiger partial charge in [-0.05, 0) is 35.9 Å². The second-order valence-electron chi connectivity index (χ2n) is 6.46. The number of alkyl halides is 3. The number of hydrogen-bond donors (Lipinski definition) is 3. The van der Waals surface area contributed by atoms with E-state index in [0.29, 0.717) is 11.5 Å². The lowest BCUT2D eigenvalue weighted by Gasteiger charge is -2.08. The molecule has 0 saturated carbocycles. The van der Waals surface area contributed by atoms with E-state index < -0.39 is 12.6 Å². The molecule has 0 radical (unpaired) electrons. The van der Waals surface area contributed by atoms with Gasteiger partial charge in [-0.15, -0.1) is 0 Å². The van der Waals surface area contributed by atoms with Gasteiger partial charge in [0.25, 0.3) is 0 Å². The van der Waals surface area contributed by atoms with Gasteiger partial charge in [-0.1, -0.05) is 42.5 Å². The van der Waals surface area contributed by atoms with Crippen LogP contribution in [0.3, 0.4) is 0 Å². The minimum atomic E-state index is -4.15. The van der Waals surface area contributed by atoms with Gasteiger partial charge in [-0.25, -0.2) is 0 Å². The van der Waals surface area contributed by atoms with E-state index in [-0.39, 0.29) is 13.0 Å². The molecule has 3 rings (SSSR count). The predicted molar refractivity (Wildman–Crippen MR) is 121 cm³/mol. The van der Waals surface area contributed by atoms with Gasteiger partial charge in [0, 0.05) is 47.7 Å². The smallest absolute Gasteiger partial charge is 0.389 e. The Labute approximate surface area is 179 Å². The Kier molecular flexibility index (Phi) is 8.13. The molecule has 0 bridgehead atoms. The van der Waals surface area contributed by atoms with Gasteiger partial charge in [0.1, 0.15) is 4.99 Å². The van der Waals surface area contributed by atoms with E-state index in [0.717, 1.165) is 33.2 Å². The molecule has 0 aliphatic carbocycles. The van der Waals surface area contributed by atoms with Crippen LogP contribution in [0.15, 0.2) is 48.7 Å². The van der Waals surface area contributed by atoms with Crippen LogP contribution in [0.1, 0.15) is 24.0 Å². The highest BCUT2D eigenvalue weighted by molar-refractivity contribution is 7.80. The molecule has 0 fully saturated rings. The molecular weight excluding hydrogens is 415 g/mol. The molecule has 0 saturated heterocycles. The van der Waals surface area contributed by atoms with Crippen molar-refractivity contribution in [2.24, 2.45) is 11.5 Å². The van der Waals surface area contributed by atoms with Crippen LogP contribution in [-0.4, -0.2) is 22.0 Å². The number of thiol groups is 1. The summed E-state index contributed by atoms with van der Waals surface area (Å²) in [5.41, 5.74) is 15.9. The zero-order valence-corrected chi connectivity index (χ0v) is 17.7. The number of nitrogens with zero attached hydrogens (tertiary/aromatic N) is 1. The third kappa shape index (κ3) is 5.98. The van der Waals surface area contributed by atoms with Crippen molar-refractivity contribution in [2.45, 2.75) is 32.1 Å². The zero-order valence-electron chi connectivity index (χ0n) is 16.0. The lowest BCUT2D eigenvalue weighted by atomic mass is 10.0. The van der Waals surface area contributed by atoms with Crippen molar-refractivity contribution in [3.05, 3.63) is 59.8 Å². The molecule has 3 nitrogen and oxygen atoms in total. The van der Waals surface area contributed by atoms with Gasteiger partial charge < -0.3 is 16.0 Å². The van der Waals surface area contributed by atoms with Crippen LogP contribution in [0.2, 0.25) is 0 Å². The predicted octanol–water partition coefficient (Wildman–Crippen LogP) is 5.29. The Morgan fingerprint density at radius 1 is 1.14 bits per heavy atom. The summed E-state index contributed by atoms with van der Waals surface area (Å²) in [5, 5.41) is 0.958. The van der Waals surface area contributed by atoms with E-state index in [9.17, 15) is 13.2 Å². The molecule has 4 N–H and O–H groups in total. The molecule has 0 spiro atoms. The first kappa shape index (κ1) is 23.3. The van der Waals surface area contributed by atoms with Gasteiger partial charge in [0.05, 0.1) is 0 Å². The molecule has 0 atom stereocenters. The van der Waals surface area contributed by atoms with Crippen molar-refractivity contribution in [3.63, 3.8) is 0 Å². The molecule has 0 unspecified atom stereocenters. The number of nitrogens with two attached hydrogens (primary N) is 2. The first-order valence-electron chi connectivity index (χ1n) is 9.02. The molecule has 1 aromatic heterocycles. The fourth-order valence-electron chi connectivity index (χ4n) is 3.17. The van der Waals surface area contributed by atoms with E-state index in [2.05, 4.69) is 12.6 Å². The van der Waals surface area contributed by atoms with Crippen molar-refractivity contribution in [1.29, 1.82) is 0 Å². The Hall–Kier alpha value is -2.03. The average Bonchev–Trinajstić information content (AvgIpc) is 3.06. The van der Waals surface area contributed by atoms with E-state index in [1.165, 1.54) is 0 Å². The first-order chi connectivity index (χ1) is 13.8. The van der Waals surface area contributed by atoms with Crippen LogP contribution in [0.5, 0.6) is 0 Å². The summed E-state index contributed by atoms with van der Waals surface area (Å²) < 4.78 is 39.5. The number of hydrogen-bond acceptors (Lipinski definition) is 3. The van der Waals surface area contributed by atoms with Crippen LogP contribution in [-0.2, 0) is 13.1 Å². The third-order valence-corrected chi connectivity index (χ3v) is 4.74. The zero-order chi connectivity index (χ0) is 21.6. The largest absolute Gasteiger partial charge is 0.389 e. The van der Waals surface area contributed by atoms with Crippen LogP contribution >= 0.6 is 24.8 Å². The fraction of sp³-hybridized carbons (Fsp3) is 0.286. The van der Waals surface area contributed by atoms with Gasteiger partial charge in [-0.3, -0.25) is 0 Å². The number of benzene rings is 2. The minimum Gasteiger partial charge on any atom is -0.389 e. The Morgan fingerprint density at radius 3 is 2.48 bits per heavy atom. The Balaban J connectivity index is 0.00000145. The maximum Gasteiger partial charge on any atom is 0.389 e. The summed E-state index contributed by atoms with van der Waals surface area (Å²) in [5.74, 6) is 0. The van der Waals surface area contributed by atoms with Gasteiger partial charge >= 0.3 is 6.18 Å². The summed E-state index contributed by atoms with van der Waals surface area (Å²) in [6, 6.07) is 13.4. The number of aryl methyl sites for hydroxylation is 1. The molecule has 3 aromatic rings. The third-order valence-electron chi connectivity index (χ3n) is 4.50. The normalized spacial score (nSPS) is 11.2. The number of rotatable bonds is 6. The monoisotopic (exact) mass is 439 g/mol. The molecule has 156 valence electrons. The van der Waals surface area contributed by atoms with E-state index in [1.807, 2.05) is 53.2 Å². The number of aromatic nitrogens is 1. The lowest BCUT2D eigenvalue weighted by molar-refractivity contribution is -0.135. The van der Waals surface area contributed by atoms with E-state index in [1.54, 1.807) is 6.26 Å². The number of thiocarbonyl (C=S) groups is 1. The van der Waals surface area contributed by atoms with Crippen LogP contribution in [0, 0.1) is 0 Å². The van der Waals surface area contributed by atoms with Crippen molar-refractivity contribution in [2.75, 3.05) is 6.26 Å². The fourth-order valence-corrected chi connectivity index (χ4v) is 3.30. The molecule has 1 heterocycles. The van der Waals surface area contributed by atoms with Crippen molar-refractivity contribution < 1.29 is 13.2 Å². The quantitative estimate of drug-likeness (QED) is 0.361. The maximum absolute atomic E-state index is 12.5. The minimum absolute atomic E-state index is 0.0203. The molecule has 0 aliphatic rings. The summed E-state index contributed by atoms with van der Waals surface area (Å²) >= 11 is 8.58. The molecule has 8 heteroatoms. The Morgan fingerprint density at radius 2 is 1.86 bits per heavy atom. The standard InChI is InChI=1S/C20H20F3N3S.CH4S/c21-20(22,23)7-2-8-26-12-17(14-3-1-4-15(10-14)19(25)27)16-6-5-13(11-24)9-18(16)26;1-2/h1,3-6,9-10,12H,2,7-8,11,24H2,(H2,25,27);2H,1H3. The molecule has 0 amide bonds. The summed E-state index contributed by atoms with van der Waals surface area (Å²) in [6.45, 7) is 0.648. The molecule has 29 heavy (non-hydrogen) atoms. The van der Waals surface area contributed by atoms with E-state index in [4.69, 9.17) is 23.7 Å². The highest BCUT2D eigenvalue weighted by Gasteiger charge is 2.26. The lowest BCUT2D eigenvalue weighted by Crippen LogP contribution is -2.09. The average molecular weight is 440 g/mol. The second kappa shape index (κ2) is 10.1. The van der Waals surface area contributed by atoms with Crippen molar-refractivity contribution in [1.82, 2.24) is 4.57 Å². The molecular formula is C21H24F3N3S2. The van der Waals surface area contributed by atoms with Crippen molar-refractivity contribution >= 4 is 40.7 Å². The highest BCUT2D eigenvalue weighted by Crippen LogP contribution is 2.32. The van der Waals surface area contributed by atoms with Crippen LogP contribution in [0.25, 0.3) is 22.0 Å². The first-order valence-corrected chi connectivity index (χ1v) is 10.3. The topological polar surface area (TPSA) is 57.0 Å². The van der Waals surface area contributed by atoms with Gasteiger partial charge in [-0.2, -0.15) is 25.8 Å². The Bertz CT molecular complexity index is 981. The maximum atomic E-state index is 12.5. The summed E-state index contributed by atoms with van der Waals surface area (Å²) in [6.07, 6.45) is -1.36. The van der Waals surface area contributed by atoms with Crippen LogP contribution < -0.4 is 11.5 Å². The molecule has 0 aliphatic heterocycles. The van der Waals surface area contributed by atoms with Crippen molar-refractivity contribution in [3.8, 4) is 11.1 Å². The number of halogens is 3.